The molecule has 4 heteroatoms. The van der Waals surface area contributed by atoms with Crippen molar-refractivity contribution in [1.82, 2.24) is 0 Å². The Bertz CT molecular complexity index is 243. The van der Waals surface area contributed by atoms with Crippen molar-refractivity contribution in [3.8, 4) is 0 Å². The molecule has 0 amide bonds. The van der Waals surface area contributed by atoms with Gasteiger partial charge in [-0.3, -0.25) is 4.79 Å². The monoisotopic (exact) mass is 175 g/mol. The Morgan fingerprint density at radius 2 is 2.00 bits per heavy atom. The smallest absolute Gasteiger partial charge is 1.00 e. The van der Waals surface area contributed by atoms with Gasteiger partial charge in [0.25, 0.3) is 0 Å². The van der Waals surface area contributed by atoms with Crippen LogP contribution in [0, 0.1) is 0 Å². The summed E-state index contributed by atoms with van der Waals surface area (Å²) >= 11 is 0. The first-order valence-corrected chi connectivity index (χ1v) is 3.30. The molecule has 0 saturated heterocycles. The van der Waals surface area contributed by atoms with E-state index >= 15 is 0 Å². The fourth-order valence-electron chi connectivity index (χ4n) is 0.734. The second kappa shape index (κ2) is 6.06. The van der Waals surface area contributed by atoms with Gasteiger partial charge in [0, 0.05) is 5.69 Å². The molecule has 0 saturated carbocycles. The number of anilines is 1. The van der Waals surface area contributed by atoms with Gasteiger partial charge in [-0.2, -0.15) is 0 Å². The first kappa shape index (κ1) is 11.5. The molecule has 1 rings (SSSR count). The maximum atomic E-state index is 10.1. The van der Waals surface area contributed by atoms with Crippen LogP contribution in [0.4, 0.5) is 5.69 Å². The van der Waals surface area contributed by atoms with E-state index in [-0.39, 0.29) is 37.5 Å². The molecular weight excluding hydrogens is 165 g/mol. The number of benzene rings is 1. The molecular formula is C8H10NNaO2. The molecule has 0 aliphatic heterocycles. The van der Waals surface area contributed by atoms with Crippen molar-refractivity contribution >= 4 is 11.7 Å². The zero-order valence-electron chi connectivity index (χ0n) is 7.95. The Hall–Kier alpha value is -0.510. The van der Waals surface area contributed by atoms with E-state index < -0.39 is 5.97 Å². The predicted octanol–water partition coefficient (Wildman–Crippen LogP) is -1.70. The van der Waals surface area contributed by atoms with E-state index in [0.29, 0.717) is 0 Å². The number of hydrogen-bond acceptors (Lipinski definition) is 2. The molecule has 2 N–H and O–H groups in total. The number of carboxylic acid groups (broad SMARTS) is 1. The van der Waals surface area contributed by atoms with E-state index in [2.05, 4.69) is 5.32 Å². The van der Waals surface area contributed by atoms with Crippen LogP contribution >= 0.6 is 0 Å². The second-order valence-electron chi connectivity index (χ2n) is 2.11. The van der Waals surface area contributed by atoms with Gasteiger partial charge in [-0.15, -0.1) is 0 Å². The SMILES string of the molecule is O=C(O)CNc1ccccc1.[H-].[Na+]. The molecule has 0 radical (unpaired) electrons. The first-order chi connectivity index (χ1) is 5.29. The van der Waals surface area contributed by atoms with Crippen molar-refractivity contribution in [2.24, 2.45) is 0 Å². The molecule has 1 aromatic carbocycles. The molecule has 0 fully saturated rings. The van der Waals surface area contributed by atoms with Gasteiger partial charge in [-0.1, -0.05) is 18.2 Å². The van der Waals surface area contributed by atoms with Crippen LogP contribution in [-0.2, 0) is 4.79 Å². The van der Waals surface area contributed by atoms with Gasteiger partial charge in [0.05, 0.1) is 0 Å². The Morgan fingerprint density at radius 3 is 2.50 bits per heavy atom. The topological polar surface area (TPSA) is 49.3 Å². The van der Waals surface area contributed by atoms with Gasteiger partial charge < -0.3 is 11.8 Å². The molecule has 0 unspecified atom stereocenters. The van der Waals surface area contributed by atoms with Crippen molar-refractivity contribution < 1.29 is 40.9 Å². The average molecular weight is 175 g/mol. The summed E-state index contributed by atoms with van der Waals surface area (Å²) in [7, 11) is 0. The number of rotatable bonds is 3. The molecule has 60 valence electrons. The summed E-state index contributed by atoms with van der Waals surface area (Å²) in [5.74, 6) is -0.853. The Morgan fingerprint density at radius 1 is 1.42 bits per heavy atom. The van der Waals surface area contributed by atoms with Crippen LogP contribution in [0.2, 0.25) is 0 Å². The van der Waals surface area contributed by atoms with Crippen LogP contribution in [0.25, 0.3) is 0 Å². The zero-order chi connectivity index (χ0) is 8.10. The Labute approximate surface area is 94.6 Å². The van der Waals surface area contributed by atoms with Gasteiger partial charge in [0.2, 0.25) is 0 Å². The molecule has 1 aromatic rings. The quantitative estimate of drug-likeness (QED) is 0.538. The van der Waals surface area contributed by atoms with E-state index in [1.54, 1.807) is 0 Å². The fourth-order valence-corrected chi connectivity index (χ4v) is 0.734. The van der Waals surface area contributed by atoms with Gasteiger partial charge in [0.15, 0.2) is 0 Å². The Balaban J connectivity index is 0. The molecule has 0 spiro atoms. The molecule has 0 heterocycles. The molecule has 12 heavy (non-hydrogen) atoms. The van der Waals surface area contributed by atoms with E-state index in [0.717, 1.165) is 5.69 Å². The summed E-state index contributed by atoms with van der Waals surface area (Å²) < 4.78 is 0. The molecule has 0 atom stereocenters. The van der Waals surface area contributed by atoms with Gasteiger partial charge in [-0.25, -0.2) is 0 Å². The van der Waals surface area contributed by atoms with E-state index in [1.807, 2.05) is 30.3 Å². The van der Waals surface area contributed by atoms with Crippen molar-refractivity contribution in [1.29, 1.82) is 0 Å². The standard InChI is InChI=1S/C8H9NO2.Na.H/c10-8(11)6-9-7-4-2-1-3-5-7;;/h1-5,9H,6H2,(H,10,11);;/q;+1;-1. The van der Waals surface area contributed by atoms with E-state index in [9.17, 15) is 4.79 Å². The van der Waals surface area contributed by atoms with Crippen LogP contribution in [0.1, 0.15) is 1.43 Å². The zero-order valence-corrected chi connectivity index (χ0v) is 8.95. The molecule has 3 nitrogen and oxygen atoms in total. The second-order valence-corrected chi connectivity index (χ2v) is 2.11. The third-order valence-electron chi connectivity index (χ3n) is 1.22. The number of nitrogens with one attached hydrogen (secondary N) is 1. The third kappa shape index (κ3) is 4.38. The fraction of sp³-hybridized carbons (Fsp3) is 0.125. The summed E-state index contributed by atoms with van der Waals surface area (Å²) in [5.41, 5.74) is 0.829. The number of carbonyl (C=O) groups is 1. The summed E-state index contributed by atoms with van der Waals surface area (Å²) in [4.78, 5) is 10.1. The van der Waals surface area contributed by atoms with Crippen LogP contribution in [-0.4, -0.2) is 17.6 Å². The van der Waals surface area contributed by atoms with Crippen LogP contribution in [0.3, 0.4) is 0 Å². The molecule has 0 aromatic heterocycles. The minimum atomic E-state index is -0.853. The average Bonchev–Trinajstić information content (AvgIpc) is 2.03. The van der Waals surface area contributed by atoms with Crippen molar-refractivity contribution in [2.75, 3.05) is 11.9 Å². The van der Waals surface area contributed by atoms with Gasteiger partial charge in [-0.05, 0) is 12.1 Å². The number of aliphatic carboxylic acids is 1. The molecule has 0 aliphatic rings. The first-order valence-electron chi connectivity index (χ1n) is 3.30. The third-order valence-corrected chi connectivity index (χ3v) is 1.22. The molecule has 0 aliphatic carbocycles. The summed E-state index contributed by atoms with van der Waals surface area (Å²) in [6.45, 7) is -0.0377. The van der Waals surface area contributed by atoms with Gasteiger partial charge >= 0.3 is 35.5 Å². The Kier molecular flexibility index (Phi) is 5.80. The summed E-state index contributed by atoms with van der Waals surface area (Å²) in [6, 6.07) is 9.23. The maximum absolute atomic E-state index is 10.1. The van der Waals surface area contributed by atoms with Crippen molar-refractivity contribution in [3.63, 3.8) is 0 Å². The number of hydrogen-bond donors (Lipinski definition) is 2. The normalized spacial score (nSPS) is 8.33. The molecule has 0 bridgehead atoms. The minimum Gasteiger partial charge on any atom is -1.00 e. The van der Waals surface area contributed by atoms with E-state index in [1.165, 1.54) is 0 Å². The van der Waals surface area contributed by atoms with Crippen molar-refractivity contribution in [3.05, 3.63) is 30.3 Å². The van der Waals surface area contributed by atoms with Gasteiger partial charge in [0.1, 0.15) is 6.54 Å². The largest absolute Gasteiger partial charge is 1.00 e. The van der Waals surface area contributed by atoms with Crippen LogP contribution < -0.4 is 34.9 Å². The number of para-hydroxylation sites is 1. The van der Waals surface area contributed by atoms with Crippen LogP contribution in [0.5, 0.6) is 0 Å². The number of carboxylic acids is 1. The van der Waals surface area contributed by atoms with Crippen LogP contribution in [0.15, 0.2) is 30.3 Å². The van der Waals surface area contributed by atoms with E-state index in [4.69, 9.17) is 5.11 Å². The minimum absolute atomic E-state index is 0. The predicted molar refractivity (Wildman–Crippen MR) is 43.7 cm³/mol. The summed E-state index contributed by atoms with van der Waals surface area (Å²) in [5, 5.41) is 11.1. The summed E-state index contributed by atoms with van der Waals surface area (Å²) in [6.07, 6.45) is 0. The maximum Gasteiger partial charge on any atom is 1.00 e. The van der Waals surface area contributed by atoms with Crippen molar-refractivity contribution in [2.45, 2.75) is 0 Å².